The molecule has 0 bridgehead atoms. The third-order valence-electron chi connectivity index (χ3n) is 3.15. The first-order chi connectivity index (χ1) is 9.65. The van der Waals surface area contributed by atoms with Gasteiger partial charge in [-0.25, -0.2) is 0 Å². The van der Waals surface area contributed by atoms with Crippen molar-refractivity contribution in [3.05, 3.63) is 59.7 Å². The molecule has 0 spiro atoms. The first kappa shape index (κ1) is 16.0. The molecule has 0 aromatic heterocycles. The summed E-state index contributed by atoms with van der Waals surface area (Å²) in [5, 5.41) is -0.289. The second-order valence-corrected chi connectivity index (χ2v) is 6.16. The fourth-order valence-electron chi connectivity index (χ4n) is 1.95. The highest BCUT2D eigenvalue weighted by Gasteiger charge is 2.08. The normalized spacial score (nSPS) is 14.0. The van der Waals surface area contributed by atoms with Crippen molar-refractivity contribution in [3.8, 4) is 11.1 Å². The van der Waals surface area contributed by atoms with E-state index in [0.29, 0.717) is 11.8 Å². The summed E-state index contributed by atoms with van der Waals surface area (Å²) in [5.74, 6) is 0.816. The van der Waals surface area contributed by atoms with Crippen LogP contribution in [0, 0.1) is 0 Å². The summed E-state index contributed by atoms with van der Waals surface area (Å²) in [6.45, 7) is 0. The van der Waals surface area contributed by atoms with Crippen LogP contribution in [0.5, 0.6) is 0 Å². The molecule has 0 radical (unpaired) electrons. The first-order valence-corrected chi connectivity index (χ1v) is 8.20. The molecule has 4 heteroatoms. The second-order valence-electron chi connectivity index (χ2n) is 4.49. The molecule has 0 heterocycles. The molecule has 0 nitrogen and oxygen atoms in total. The predicted molar refractivity (Wildman–Crippen MR) is 90.5 cm³/mol. The molecular formula is C16H14Cl4. The Kier molecular flexibility index (Phi) is 6.04. The predicted octanol–water partition coefficient (Wildman–Crippen LogP) is 6.39. The molecule has 0 fully saturated rings. The van der Waals surface area contributed by atoms with Gasteiger partial charge in [0.1, 0.15) is 0 Å². The summed E-state index contributed by atoms with van der Waals surface area (Å²) >= 11 is 23.7. The molecule has 0 N–H and O–H groups in total. The minimum atomic E-state index is -0.145. The molecule has 0 aliphatic carbocycles. The van der Waals surface area contributed by atoms with E-state index in [1.165, 1.54) is 0 Å². The largest absolute Gasteiger partial charge is 0.125 e. The third kappa shape index (κ3) is 3.83. The first-order valence-electron chi connectivity index (χ1n) is 6.26. The maximum atomic E-state index is 6.10. The average molecular weight is 348 g/mol. The van der Waals surface area contributed by atoms with Crippen molar-refractivity contribution in [1.82, 2.24) is 0 Å². The maximum Gasteiger partial charge on any atom is 0.0720 e. The summed E-state index contributed by atoms with van der Waals surface area (Å²) in [7, 11) is 0. The molecule has 0 aliphatic rings. The third-order valence-corrected chi connectivity index (χ3v) is 4.89. The zero-order valence-corrected chi connectivity index (χ0v) is 13.7. The minimum absolute atomic E-state index is 0.145. The summed E-state index contributed by atoms with van der Waals surface area (Å²) in [5.41, 5.74) is 4.33. The fraction of sp³-hybridized carbons (Fsp3) is 0.250. The smallest absolute Gasteiger partial charge is 0.0720 e. The van der Waals surface area contributed by atoms with Crippen molar-refractivity contribution in [1.29, 1.82) is 0 Å². The Morgan fingerprint density at radius 2 is 0.900 bits per heavy atom. The molecule has 106 valence electrons. The van der Waals surface area contributed by atoms with Gasteiger partial charge in [-0.15, -0.1) is 46.4 Å². The van der Waals surface area contributed by atoms with Crippen molar-refractivity contribution in [2.45, 2.75) is 10.8 Å². The van der Waals surface area contributed by atoms with Crippen LogP contribution in [0.15, 0.2) is 48.5 Å². The number of benzene rings is 2. The molecule has 2 aromatic rings. The Morgan fingerprint density at radius 1 is 0.600 bits per heavy atom. The lowest BCUT2D eigenvalue weighted by Gasteiger charge is -2.09. The van der Waals surface area contributed by atoms with Gasteiger partial charge in [-0.05, 0) is 22.3 Å². The number of hydrogen-bond acceptors (Lipinski definition) is 0. The van der Waals surface area contributed by atoms with E-state index in [1.807, 2.05) is 48.5 Å². The lowest BCUT2D eigenvalue weighted by Crippen LogP contribution is -1.92. The van der Waals surface area contributed by atoms with Gasteiger partial charge in [-0.3, -0.25) is 0 Å². The van der Waals surface area contributed by atoms with Gasteiger partial charge in [-0.2, -0.15) is 0 Å². The van der Waals surface area contributed by atoms with E-state index in [1.54, 1.807) is 0 Å². The molecule has 0 amide bonds. The lowest BCUT2D eigenvalue weighted by atomic mass is 10.0. The van der Waals surface area contributed by atoms with E-state index >= 15 is 0 Å². The second kappa shape index (κ2) is 7.56. The number of alkyl halides is 4. The Hall–Kier alpha value is -0.400. The summed E-state index contributed by atoms with van der Waals surface area (Å²) in [4.78, 5) is 0. The van der Waals surface area contributed by atoms with Gasteiger partial charge in [0.05, 0.1) is 10.8 Å². The topological polar surface area (TPSA) is 0 Å². The van der Waals surface area contributed by atoms with E-state index in [2.05, 4.69) is 0 Å². The van der Waals surface area contributed by atoms with Crippen LogP contribution in [0.3, 0.4) is 0 Å². The van der Waals surface area contributed by atoms with Crippen LogP contribution in [0.25, 0.3) is 11.1 Å². The Morgan fingerprint density at radius 3 is 1.15 bits per heavy atom. The standard InChI is InChI=1S/C16H14Cl4/c17-9-15(19)13-5-1-11(2-6-13)12-3-7-14(8-4-12)16(20)10-18/h1-8,15-16H,9-10H2. The van der Waals surface area contributed by atoms with Crippen molar-refractivity contribution in [2.75, 3.05) is 11.8 Å². The fourth-order valence-corrected chi connectivity index (χ4v) is 2.59. The van der Waals surface area contributed by atoms with Crippen molar-refractivity contribution < 1.29 is 0 Å². The highest BCUT2D eigenvalue weighted by molar-refractivity contribution is 6.28. The van der Waals surface area contributed by atoms with Crippen LogP contribution in [0.2, 0.25) is 0 Å². The van der Waals surface area contributed by atoms with Crippen molar-refractivity contribution in [3.63, 3.8) is 0 Å². The van der Waals surface area contributed by atoms with Gasteiger partial charge < -0.3 is 0 Å². The highest BCUT2D eigenvalue weighted by Crippen LogP contribution is 2.28. The van der Waals surface area contributed by atoms with Crippen LogP contribution in [-0.2, 0) is 0 Å². The quantitative estimate of drug-likeness (QED) is 0.549. The minimum Gasteiger partial charge on any atom is -0.125 e. The van der Waals surface area contributed by atoms with Crippen LogP contribution in [0.1, 0.15) is 21.9 Å². The van der Waals surface area contributed by atoms with Gasteiger partial charge >= 0.3 is 0 Å². The molecule has 0 saturated carbocycles. The van der Waals surface area contributed by atoms with Crippen molar-refractivity contribution in [2.24, 2.45) is 0 Å². The SMILES string of the molecule is ClCC(Cl)c1ccc(-c2ccc(C(Cl)CCl)cc2)cc1. The Balaban J connectivity index is 2.19. The van der Waals surface area contributed by atoms with E-state index in [9.17, 15) is 0 Å². The number of halogens is 4. The molecule has 0 saturated heterocycles. The van der Waals surface area contributed by atoms with Crippen LogP contribution in [0.4, 0.5) is 0 Å². The summed E-state index contributed by atoms with van der Waals surface area (Å²) < 4.78 is 0. The lowest BCUT2D eigenvalue weighted by molar-refractivity contribution is 1.09. The zero-order valence-electron chi connectivity index (χ0n) is 10.7. The molecule has 2 atom stereocenters. The van der Waals surface area contributed by atoms with Crippen LogP contribution in [-0.4, -0.2) is 11.8 Å². The number of rotatable bonds is 5. The number of hydrogen-bond donors (Lipinski definition) is 0. The van der Waals surface area contributed by atoms with Gasteiger partial charge in [0, 0.05) is 11.8 Å². The molecule has 0 aliphatic heterocycles. The van der Waals surface area contributed by atoms with E-state index in [4.69, 9.17) is 46.4 Å². The molecular weight excluding hydrogens is 334 g/mol. The van der Waals surface area contributed by atoms with E-state index in [0.717, 1.165) is 22.3 Å². The van der Waals surface area contributed by atoms with Gasteiger partial charge in [0.15, 0.2) is 0 Å². The molecule has 2 unspecified atom stereocenters. The zero-order chi connectivity index (χ0) is 14.5. The molecule has 2 rings (SSSR count). The monoisotopic (exact) mass is 346 g/mol. The molecule has 2 aromatic carbocycles. The average Bonchev–Trinajstić information content (AvgIpc) is 2.53. The summed E-state index contributed by atoms with van der Waals surface area (Å²) in [6.07, 6.45) is 0. The van der Waals surface area contributed by atoms with Crippen molar-refractivity contribution >= 4 is 46.4 Å². The van der Waals surface area contributed by atoms with Gasteiger partial charge in [0.2, 0.25) is 0 Å². The van der Waals surface area contributed by atoms with E-state index < -0.39 is 0 Å². The molecule has 20 heavy (non-hydrogen) atoms. The van der Waals surface area contributed by atoms with Crippen LogP contribution < -0.4 is 0 Å². The maximum absolute atomic E-state index is 6.10. The highest BCUT2D eigenvalue weighted by atomic mass is 35.5. The van der Waals surface area contributed by atoms with Gasteiger partial charge in [-0.1, -0.05) is 48.5 Å². The van der Waals surface area contributed by atoms with E-state index in [-0.39, 0.29) is 10.8 Å². The summed E-state index contributed by atoms with van der Waals surface area (Å²) in [6, 6.07) is 16.2. The van der Waals surface area contributed by atoms with Gasteiger partial charge in [0.25, 0.3) is 0 Å². The Labute approximate surface area is 139 Å². The Bertz CT molecular complexity index is 482. The van der Waals surface area contributed by atoms with Crippen LogP contribution >= 0.6 is 46.4 Å².